The predicted octanol–water partition coefficient (Wildman–Crippen LogP) is 4.45. The highest BCUT2D eigenvalue weighted by atomic mass is 16.3. The number of phenolic OH excluding ortho intramolecular Hbond substituents is 1. The molecule has 0 spiro atoms. The third-order valence-electron chi connectivity index (χ3n) is 5.89. The molecule has 0 aliphatic heterocycles. The average molecular weight is 362 g/mol. The van der Waals surface area contributed by atoms with Gasteiger partial charge in [0.2, 0.25) is 5.91 Å². The summed E-state index contributed by atoms with van der Waals surface area (Å²) >= 11 is 0. The molecule has 1 aliphatic carbocycles. The molecule has 140 valence electrons. The van der Waals surface area contributed by atoms with Gasteiger partial charge in [-0.2, -0.15) is 5.26 Å². The van der Waals surface area contributed by atoms with Crippen LogP contribution in [0.25, 0.3) is 0 Å². The molecule has 3 rings (SSSR count). The number of nitriles is 1. The number of hydrogen-bond donors (Lipinski definition) is 2. The number of carbonyl (C=O) groups is 1. The molecular formula is C23H26N2O2. The molecule has 2 aromatic carbocycles. The maximum atomic E-state index is 12.7. The molecule has 2 aromatic rings. The number of rotatable bonds is 4. The van der Waals surface area contributed by atoms with Gasteiger partial charge in [-0.1, -0.05) is 19.1 Å². The summed E-state index contributed by atoms with van der Waals surface area (Å²) in [6.07, 6.45) is 3.13. The van der Waals surface area contributed by atoms with E-state index in [2.05, 4.69) is 11.4 Å². The van der Waals surface area contributed by atoms with Crippen molar-refractivity contribution in [3.63, 3.8) is 0 Å². The largest absolute Gasteiger partial charge is 0.508 e. The second-order valence-corrected chi connectivity index (χ2v) is 7.61. The molecule has 0 saturated carbocycles. The maximum absolute atomic E-state index is 12.7. The Labute approximate surface area is 160 Å². The molecule has 27 heavy (non-hydrogen) atoms. The van der Waals surface area contributed by atoms with Crippen LogP contribution in [-0.2, 0) is 24.1 Å². The van der Waals surface area contributed by atoms with Gasteiger partial charge in [-0.15, -0.1) is 0 Å². The standard InChI is InChI=1S/C23H26N2O2/c1-14-12-22(26)16(3)21-13-18(6-9-20(14)21)15(2)23(27)25-19-7-4-17(5-8-19)10-11-24/h4-5,7-8,12,15,18,26H,6,9-10,13H2,1-3H3,(H,25,27)/t15-,18-/m1/s1. The summed E-state index contributed by atoms with van der Waals surface area (Å²) < 4.78 is 0. The fraction of sp³-hybridized carbons (Fsp3) is 0.391. The quantitative estimate of drug-likeness (QED) is 0.843. The Hall–Kier alpha value is -2.80. The molecule has 0 heterocycles. The molecule has 0 radical (unpaired) electrons. The van der Waals surface area contributed by atoms with Crippen LogP contribution >= 0.6 is 0 Å². The Balaban J connectivity index is 1.70. The van der Waals surface area contributed by atoms with Crippen molar-refractivity contribution in [2.75, 3.05) is 5.32 Å². The van der Waals surface area contributed by atoms with E-state index in [0.29, 0.717) is 12.2 Å². The Bertz CT molecular complexity index is 894. The summed E-state index contributed by atoms with van der Waals surface area (Å²) in [5, 5.41) is 21.9. The van der Waals surface area contributed by atoms with Gasteiger partial charge in [0.25, 0.3) is 0 Å². The third-order valence-corrected chi connectivity index (χ3v) is 5.89. The van der Waals surface area contributed by atoms with Crippen molar-refractivity contribution in [3.8, 4) is 11.8 Å². The summed E-state index contributed by atoms with van der Waals surface area (Å²) in [4.78, 5) is 12.7. The van der Waals surface area contributed by atoms with Crippen molar-refractivity contribution in [3.05, 3.63) is 58.1 Å². The summed E-state index contributed by atoms with van der Waals surface area (Å²) in [6.45, 7) is 5.99. The van der Waals surface area contributed by atoms with E-state index >= 15 is 0 Å². The zero-order valence-electron chi connectivity index (χ0n) is 16.2. The highest BCUT2D eigenvalue weighted by molar-refractivity contribution is 5.92. The highest BCUT2D eigenvalue weighted by Crippen LogP contribution is 2.37. The number of aryl methyl sites for hydroxylation is 1. The topological polar surface area (TPSA) is 73.1 Å². The predicted molar refractivity (Wildman–Crippen MR) is 107 cm³/mol. The van der Waals surface area contributed by atoms with E-state index in [1.165, 1.54) is 11.1 Å². The number of nitrogens with one attached hydrogen (secondary N) is 1. The van der Waals surface area contributed by atoms with E-state index in [1.54, 1.807) is 0 Å². The summed E-state index contributed by atoms with van der Waals surface area (Å²) in [5.41, 5.74) is 6.33. The molecule has 0 bridgehead atoms. The first-order valence-corrected chi connectivity index (χ1v) is 9.48. The van der Waals surface area contributed by atoms with Crippen LogP contribution in [0.3, 0.4) is 0 Å². The smallest absolute Gasteiger partial charge is 0.227 e. The zero-order chi connectivity index (χ0) is 19.6. The van der Waals surface area contributed by atoms with Crippen LogP contribution < -0.4 is 5.32 Å². The van der Waals surface area contributed by atoms with E-state index in [0.717, 1.165) is 41.6 Å². The lowest BCUT2D eigenvalue weighted by molar-refractivity contribution is -0.121. The fourth-order valence-corrected chi connectivity index (χ4v) is 4.03. The molecule has 4 nitrogen and oxygen atoms in total. The second-order valence-electron chi connectivity index (χ2n) is 7.61. The van der Waals surface area contributed by atoms with E-state index in [4.69, 9.17) is 5.26 Å². The SMILES string of the molecule is Cc1cc(O)c(C)c2c1CC[C@@H]([C@@H](C)C(=O)Nc1ccc(CC#N)cc1)C2. The fourth-order valence-electron chi connectivity index (χ4n) is 4.03. The molecule has 1 aliphatic rings. The zero-order valence-corrected chi connectivity index (χ0v) is 16.2. The number of hydrogen-bond acceptors (Lipinski definition) is 3. The van der Waals surface area contributed by atoms with E-state index in [-0.39, 0.29) is 17.7 Å². The Kier molecular flexibility index (Phi) is 5.51. The molecular weight excluding hydrogens is 336 g/mol. The van der Waals surface area contributed by atoms with Crippen molar-refractivity contribution in [2.24, 2.45) is 11.8 Å². The normalized spacial score (nSPS) is 16.9. The van der Waals surface area contributed by atoms with Crippen molar-refractivity contribution in [2.45, 2.75) is 46.5 Å². The molecule has 0 fully saturated rings. The van der Waals surface area contributed by atoms with E-state index in [1.807, 2.05) is 51.1 Å². The number of benzene rings is 2. The highest BCUT2D eigenvalue weighted by Gasteiger charge is 2.30. The first-order valence-electron chi connectivity index (χ1n) is 9.48. The minimum Gasteiger partial charge on any atom is -0.508 e. The minimum atomic E-state index is -0.112. The number of anilines is 1. The molecule has 0 unspecified atom stereocenters. The van der Waals surface area contributed by atoms with E-state index in [9.17, 15) is 9.90 Å². The maximum Gasteiger partial charge on any atom is 0.227 e. The molecule has 2 N–H and O–H groups in total. The third kappa shape index (κ3) is 3.98. The van der Waals surface area contributed by atoms with Gasteiger partial charge in [-0.25, -0.2) is 0 Å². The Morgan fingerprint density at radius 1 is 1.30 bits per heavy atom. The van der Waals surface area contributed by atoms with Crippen LogP contribution in [0.5, 0.6) is 5.75 Å². The Morgan fingerprint density at radius 3 is 2.67 bits per heavy atom. The molecule has 0 saturated heterocycles. The van der Waals surface area contributed by atoms with Crippen molar-refractivity contribution in [1.82, 2.24) is 0 Å². The van der Waals surface area contributed by atoms with Crippen molar-refractivity contribution in [1.29, 1.82) is 5.26 Å². The van der Waals surface area contributed by atoms with Gasteiger partial charge in [-0.05, 0) is 85.0 Å². The van der Waals surface area contributed by atoms with E-state index < -0.39 is 0 Å². The molecule has 2 atom stereocenters. The molecule has 1 amide bonds. The molecule has 4 heteroatoms. The summed E-state index contributed by atoms with van der Waals surface area (Å²) in [5.74, 6) is 0.515. The number of phenols is 1. The van der Waals surface area contributed by atoms with Crippen LogP contribution in [0.15, 0.2) is 30.3 Å². The van der Waals surface area contributed by atoms with Gasteiger partial charge in [0.05, 0.1) is 12.5 Å². The lowest BCUT2D eigenvalue weighted by Gasteiger charge is -2.31. The lowest BCUT2D eigenvalue weighted by atomic mass is 9.74. The van der Waals surface area contributed by atoms with Crippen LogP contribution in [0.2, 0.25) is 0 Å². The van der Waals surface area contributed by atoms with Crippen LogP contribution in [0, 0.1) is 37.0 Å². The summed E-state index contributed by atoms with van der Waals surface area (Å²) in [7, 11) is 0. The van der Waals surface area contributed by atoms with Gasteiger partial charge in [0.1, 0.15) is 5.75 Å². The Morgan fingerprint density at radius 2 is 2.00 bits per heavy atom. The number of nitrogens with zero attached hydrogens (tertiary/aromatic N) is 1. The molecule has 0 aromatic heterocycles. The van der Waals surface area contributed by atoms with Gasteiger partial charge in [0.15, 0.2) is 0 Å². The first kappa shape index (κ1) is 19.0. The average Bonchev–Trinajstić information content (AvgIpc) is 2.67. The van der Waals surface area contributed by atoms with Crippen molar-refractivity contribution < 1.29 is 9.90 Å². The second kappa shape index (κ2) is 7.84. The van der Waals surface area contributed by atoms with Gasteiger partial charge in [0, 0.05) is 11.6 Å². The van der Waals surface area contributed by atoms with Gasteiger partial charge >= 0.3 is 0 Å². The minimum absolute atomic E-state index is 0.0195. The number of carbonyl (C=O) groups excluding carboxylic acids is 1. The van der Waals surface area contributed by atoms with Crippen LogP contribution in [0.4, 0.5) is 5.69 Å². The summed E-state index contributed by atoms with van der Waals surface area (Å²) in [6, 6.07) is 11.4. The van der Waals surface area contributed by atoms with Gasteiger partial charge < -0.3 is 10.4 Å². The van der Waals surface area contributed by atoms with Crippen molar-refractivity contribution >= 4 is 11.6 Å². The first-order chi connectivity index (χ1) is 12.9. The van der Waals surface area contributed by atoms with Gasteiger partial charge in [-0.3, -0.25) is 4.79 Å². The van der Waals surface area contributed by atoms with Crippen LogP contribution in [0.1, 0.15) is 41.2 Å². The number of fused-ring (bicyclic) bond motifs is 1. The number of aromatic hydroxyl groups is 1. The number of amides is 1. The lowest BCUT2D eigenvalue weighted by Crippen LogP contribution is -2.31. The monoisotopic (exact) mass is 362 g/mol. The van der Waals surface area contributed by atoms with Crippen LogP contribution in [-0.4, -0.2) is 11.0 Å².